The molecule has 1 fully saturated rings. The Morgan fingerprint density at radius 1 is 0.949 bits per heavy atom. The van der Waals surface area contributed by atoms with Crippen molar-refractivity contribution >= 4 is 11.8 Å². The summed E-state index contributed by atoms with van der Waals surface area (Å²) < 4.78 is 3.73. The Hall–Kier alpha value is -4.24. The minimum Gasteiger partial charge on any atom is -0.366 e. The second-order valence-electron chi connectivity index (χ2n) is 10.1. The molecule has 202 valence electrons. The Bertz CT molecular complexity index is 1460. The fourth-order valence-electron chi connectivity index (χ4n) is 5.19. The molecule has 0 saturated carbocycles. The van der Waals surface area contributed by atoms with Crippen LogP contribution in [-0.2, 0) is 18.3 Å². The number of likely N-dealkylation sites (N-methyl/N-ethyl adjacent to an activating group) is 1. The van der Waals surface area contributed by atoms with Gasteiger partial charge in [0.1, 0.15) is 5.82 Å². The maximum absolute atomic E-state index is 12.9. The largest absolute Gasteiger partial charge is 0.366 e. The van der Waals surface area contributed by atoms with Crippen LogP contribution in [0.4, 0.5) is 0 Å². The Morgan fingerprint density at radius 2 is 1.77 bits per heavy atom. The van der Waals surface area contributed by atoms with Gasteiger partial charge in [0.05, 0.1) is 17.5 Å². The number of nitrogens with two attached hydrogens (primary N) is 1. The highest BCUT2D eigenvalue weighted by Gasteiger charge is 2.23. The topological polar surface area (TPSA) is 102 Å². The van der Waals surface area contributed by atoms with Gasteiger partial charge in [-0.05, 0) is 56.6 Å². The lowest BCUT2D eigenvalue weighted by molar-refractivity contribution is -0.131. The number of para-hydroxylation sites is 1. The third-order valence-corrected chi connectivity index (χ3v) is 7.26. The molecule has 1 saturated heterocycles. The van der Waals surface area contributed by atoms with Crippen molar-refractivity contribution in [3.05, 3.63) is 78.4 Å². The number of aromatic nitrogens is 4. The first-order valence-corrected chi connectivity index (χ1v) is 13.4. The normalized spacial score (nSPS) is 14.4. The second kappa shape index (κ2) is 11.7. The Balaban J connectivity index is 1.48. The molecule has 2 aromatic carbocycles. The minimum absolute atomic E-state index is 0.200. The number of aryl methyl sites for hydroxylation is 2. The number of amides is 2. The van der Waals surface area contributed by atoms with Crippen molar-refractivity contribution in [3.8, 4) is 28.2 Å². The molecule has 0 unspecified atom stereocenters. The SMILES string of the molecule is CN1CCCN(C(=O)CCCc2cn(-c3ccccc3)c(-c3c(C(N)=O)cccc3-c3cnn(C)c3)n2)CC1. The number of carbonyl (C=O) groups excluding carboxylic acids is 2. The molecule has 2 amide bonds. The van der Waals surface area contributed by atoms with Crippen molar-refractivity contribution in [2.24, 2.45) is 12.8 Å². The van der Waals surface area contributed by atoms with Gasteiger partial charge in [-0.1, -0.05) is 30.3 Å². The lowest BCUT2D eigenvalue weighted by Crippen LogP contribution is -2.34. The van der Waals surface area contributed by atoms with E-state index >= 15 is 0 Å². The van der Waals surface area contributed by atoms with E-state index in [1.165, 1.54) is 0 Å². The molecule has 9 nitrogen and oxygen atoms in total. The predicted molar refractivity (Wildman–Crippen MR) is 151 cm³/mol. The molecule has 0 bridgehead atoms. The van der Waals surface area contributed by atoms with Gasteiger partial charge in [-0.3, -0.25) is 18.8 Å². The van der Waals surface area contributed by atoms with Crippen LogP contribution in [0.2, 0.25) is 0 Å². The van der Waals surface area contributed by atoms with Crippen LogP contribution in [0.3, 0.4) is 0 Å². The number of carbonyl (C=O) groups is 2. The quantitative estimate of drug-likeness (QED) is 0.379. The highest BCUT2D eigenvalue weighted by atomic mass is 16.2. The van der Waals surface area contributed by atoms with E-state index in [0.29, 0.717) is 36.2 Å². The summed E-state index contributed by atoms with van der Waals surface area (Å²) in [6, 6.07) is 15.4. The number of rotatable bonds is 8. The van der Waals surface area contributed by atoms with Gasteiger partial charge in [-0.2, -0.15) is 5.10 Å². The summed E-state index contributed by atoms with van der Waals surface area (Å²) in [6.45, 7) is 3.53. The van der Waals surface area contributed by atoms with E-state index in [0.717, 1.165) is 55.1 Å². The second-order valence-corrected chi connectivity index (χ2v) is 10.1. The summed E-state index contributed by atoms with van der Waals surface area (Å²) in [4.78, 5) is 34.8. The predicted octanol–water partition coefficient (Wildman–Crippen LogP) is 3.53. The first-order valence-electron chi connectivity index (χ1n) is 13.4. The highest BCUT2D eigenvalue weighted by Crippen LogP contribution is 2.36. The third kappa shape index (κ3) is 5.93. The Morgan fingerprint density at radius 3 is 2.51 bits per heavy atom. The van der Waals surface area contributed by atoms with E-state index in [1.54, 1.807) is 16.9 Å². The Labute approximate surface area is 228 Å². The molecule has 9 heteroatoms. The monoisotopic (exact) mass is 525 g/mol. The van der Waals surface area contributed by atoms with E-state index in [1.807, 2.05) is 71.4 Å². The summed E-state index contributed by atoms with van der Waals surface area (Å²) >= 11 is 0. The average Bonchev–Trinajstić information content (AvgIpc) is 3.50. The molecule has 1 aliphatic heterocycles. The number of benzene rings is 2. The van der Waals surface area contributed by atoms with Gasteiger partial charge in [0, 0.05) is 62.3 Å². The molecular weight excluding hydrogens is 490 g/mol. The lowest BCUT2D eigenvalue weighted by Gasteiger charge is -2.20. The molecule has 0 radical (unpaired) electrons. The van der Waals surface area contributed by atoms with Crippen molar-refractivity contribution in [1.29, 1.82) is 0 Å². The van der Waals surface area contributed by atoms with Gasteiger partial charge in [0.25, 0.3) is 0 Å². The van der Waals surface area contributed by atoms with Gasteiger partial charge < -0.3 is 15.5 Å². The number of nitrogens with zero attached hydrogens (tertiary/aromatic N) is 6. The fraction of sp³-hybridized carbons (Fsp3) is 0.333. The maximum atomic E-state index is 12.9. The van der Waals surface area contributed by atoms with Gasteiger partial charge >= 0.3 is 0 Å². The highest BCUT2D eigenvalue weighted by molar-refractivity contribution is 6.03. The van der Waals surface area contributed by atoms with E-state index in [9.17, 15) is 9.59 Å². The van der Waals surface area contributed by atoms with E-state index in [4.69, 9.17) is 10.7 Å². The number of imidazole rings is 1. The zero-order valence-corrected chi connectivity index (χ0v) is 22.6. The molecule has 0 aliphatic carbocycles. The summed E-state index contributed by atoms with van der Waals surface area (Å²) in [5, 5.41) is 4.33. The first-order chi connectivity index (χ1) is 18.9. The van der Waals surface area contributed by atoms with Crippen molar-refractivity contribution in [2.75, 3.05) is 33.2 Å². The van der Waals surface area contributed by atoms with E-state index in [-0.39, 0.29) is 5.91 Å². The number of primary amides is 1. The molecule has 39 heavy (non-hydrogen) atoms. The van der Waals surface area contributed by atoms with E-state index in [2.05, 4.69) is 17.0 Å². The summed E-state index contributed by atoms with van der Waals surface area (Å²) in [7, 11) is 3.96. The van der Waals surface area contributed by atoms with Gasteiger partial charge in [-0.25, -0.2) is 4.98 Å². The molecule has 4 aromatic rings. The van der Waals surface area contributed by atoms with Gasteiger partial charge in [0.15, 0.2) is 0 Å². The van der Waals surface area contributed by atoms with Crippen molar-refractivity contribution in [2.45, 2.75) is 25.7 Å². The van der Waals surface area contributed by atoms with Crippen molar-refractivity contribution in [3.63, 3.8) is 0 Å². The molecule has 2 aromatic heterocycles. The fourth-order valence-corrected chi connectivity index (χ4v) is 5.19. The van der Waals surface area contributed by atoms with Crippen molar-refractivity contribution < 1.29 is 9.59 Å². The maximum Gasteiger partial charge on any atom is 0.249 e. The smallest absolute Gasteiger partial charge is 0.249 e. The average molecular weight is 526 g/mol. The molecule has 0 atom stereocenters. The molecule has 5 rings (SSSR count). The summed E-state index contributed by atoms with van der Waals surface area (Å²) in [5.41, 5.74) is 10.4. The lowest BCUT2D eigenvalue weighted by atomic mass is 9.96. The van der Waals surface area contributed by atoms with Gasteiger partial charge in [-0.15, -0.1) is 0 Å². The van der Waals surface area contributed by atoms with Crippen LogP contribution in [0.25, 0.3) is 28.2 Å². The third-order valence-electron chi connectivity index (χ3n) is 7.26. The molecule has 3 heterocycles. The van der Waals surface area contributed by atoms with Crippen LogP contribution in [0.5, 0.6) is 0 Å². The summed E-state index contributed by atoms with van der Waals surface area (Å²) in [6.07, 6.45) is 8.51. The molecular formula is C30H35N7O2. The molecule has 0 spiro atoms. The minimum atomic E-state index is -0.520. The van der Waals surface area contributed by atoms with Crippen LogP contribution in [0.1, 0.15) is 35.3 Å². The van der Waals surface area contributed by atoms with Crippen LogP contribution in [0.15, 0.2) is 67.1 Å². The first kappa shape index (κ1) is 26.4. The Kier molecular flexibility index (Phi) is 7.88. The van der Waals surface area contributed by atoms with Crippen molar-refractivity contribution in [1.82, 2.24) is 29.1 Å². The standard InChI is InChI=1S/C30H35N7O2/c1-34-15-8-16-36(18-17-34)27(38)14-6-9-23-21-37(24-10-4-3-5-11-24)30(33-23)28-25(22-19-32-35(2)20-22)12-7-13-26(28)29(31)39/h3-5,7,10-13,19-21H,6,8-9,14-18H2,1-2H3,(H2,31,39). The summed E-state index contributed by atoms with van der Waals surface area (Å²) in [5.74, 6) is 0.311. The molecule has 2 N–H and O–H groups in total. The zero-order valence-electron chi connectivity index (χ0n) is 22.6. The molecule has 1 aliphatic rings. The van der Waals surface area contributed by atoms with Crippen LogP contribution >= 0.6 is 0 Å². The number of hydrogen-bond acceptors (Lipinski definition) is 5. The van der Waals surface area contributed by atoms with Crippen LogP contribution in [0, 0.1) is 0 Å². The van der Waals surface area contributed by atoms with Gasteiger partial charge in [0.2, 0.25) is 11.8 Å². The zero-order chi connectivity index (χ0) is 27.4. The van der Waals surface area contributed by atoms with E-state index < -0.39 is 5.91 Å². The van der Waals surface area contributed by atoms with Crippen LogP contribution in [-0.4, -0.2) is 74.2 Å². The van der Waals surface area contributed by atoms with Crippen LogP contribution < -0.4 is 5.73 Å². The number of hydrogen-bond donors (Lipinski definition) is 1.